The van der Waals surface area contributed by atoms with Gasteiger partial charge < -0.3 is 10.6 Å². The van der Waals surface area contributed by atoms with Crippen molar-refractivity contribution < 1.29 is 0 Å². The molecule has 0 saturated heterocycles. The van der Waals surface area contributed by atoms with Crippen molar-refractivity contribution in [3.8, 4) is 0 Å². The highest BCUT2D eigenvalue weighted by molar-refractivity contribution is 7.09. The molecular formula is C10H13ClN6S. The quantitative estimate of drug-likeness (QED) is 0.878. The molecule has 0 aromatic carbocycles. The molecule has 0 aliphatic heterocycles. The minimum absolute atomic E-state index is 0.166. The first-order valence-corrected chi connectivity index (χ1v) is 6.73. The van der Waals surface area contributed by atoms with E-state index in [-0.39, 0.29) is 5.28 Å². The second-order valence-corrected chi connectivity index (χ2v) is 4.80. The van der Waals surface area contributed by atoms with Crippen LogP contribution in [0.2, 0.25) is 5.28 Å². The number of rotatable bonds is 5. The van der Waals surface area contributed by atoms with Gasteiger partial charge in [-0.25, -0.2) is 4.98 Å². The van der Waals surface area contributed by atoms with Crippen LogP contribution in [0.15, 0.2) is 5.38 Å². The normalized spacial score (nSPS) is 10.4. The van der Waals surface area contributed by atoms with Gasteiger partial charge in [0.05, 0.1) is 6.54 Å². The van der Waals surface area contributed by atoms with Gasteiger partial charge in [-0.3, -0.25) is 0 Å². The van der Waals surface area contributed by atoms with E-state index in [1.54, 1.807) is 11.3 Å². The van der Waals surface area contributed by atoms with Gasteiger partial charge in [-0.15, -0.1) is 11.3 Å². The maximum absolute atomic E-state index is 5.82. The van der Waals surface area contributed by atoms with Gasteiger partial charge >= 0.3 is 0 Å². The van der Waals surface area contributed by atoms with E-state index in [0.717, 1.165) is 17.2 Å². The van der Waals surface area contributed by atoms with E-state index in [0.29, 0.717) is 18.4 Å². The van der Waals surface area contributed by atoms with E-state index < -0.39 is 0 Å². The molecule has 2 N–H and O–H groups in total. The van der Waals surface area contributed by atoms with E-state index in [1.807, 2.05) is 19.2 Å². The molecule has 0 spiro atoms. The number of nitrogens with one attached hydrogen (secondary N) is 2. The monoisotopic (exact) mass is 284 g/mol. The molecule has 0 aliphatic carbocycles. The zero-order chi connectivity index (χ0) is 13.0. The van der Waals surface area contributed by atoms with Crippen LogP contribution in [-0.2, 0) is 6.54 Å². The number of hydrogen-bond acceptors (Lipinski definition) is 7. The molecule has 0 radical (unpaired) electrons. The highest BCUT2D eigenvalue weighted by Crippen LogP contribution is 2.13. The van der Waals surface area contributed by atoms with E-state index in [1.165, 1.54) is 0 Å². The van der Waals surface area contributed by atoms with Gasteiger partial charge in [-0.05, 0) is 25.4 Å². The second-order valence-electron chi connectivity index (χ2n) is 3.52. The number of nitrogens with zero attached hydrogens (tertiary/aromatic N) is 4. The summed E-state index contributed by atoms with van der Waals surface area (Å²) in [5, 5.41) is 9.21. The molecule has 2 rings (SSSR count). The predicted molar refractivity (Wildman–Crippen MR) is 73.2 cm³/mol. The van der Waals surface area contributed by atoms with Gasteiger partial charge in [-0.2, -0.15) is 15.0 Å². The van der Waals surface area contributed by atoms with Crippen molar-refractivity contribution in [3.05, 3.63) is 21.4 Å². The number of thiazole rings is 1. The van der Waals surface area contributed by atoms with E-state index in [4.69, 9.17) is 11.6 Å². The summed E-state index contributed by atoms with van der Waals surface area (Å²) in [6.07, 6.45) is 0. The average molecular weight is 285 g/mol. The first kappa shape index (κ1) is 13.0. The summed E-state index contributed by atoms with van der Waals surface area (Å²) in [5.41, 5.74) is 1.01. The van der Waals surface area contributed by atoms with Crippen molar-refractivity contribution in [2.75, 3.05) is 17.2 Å². The van der Waals surface area contributed by atoms with Crippen LogP contribution >= 0.6 is 22.9 Å². The first-order chi connectivity index (χ1) is 8.67. The third kappa shape index (κ3) is 3.51. The zero-order valence-corrected chi connectivity index (χ0v) is 11.6. The maximum atomic E-state index is 5.82. The van der Waals surface area contributed by atoms with Crippen LogP contribution in [0.3, 0.4) is 0 Å². The van der Waals surface area contributed by atoms with Gasteiger partial charge in [0.1, 0.15) is 5.01 Å². The number of hydrogen-bond donors (Lipinski definition) is 2. The lowest BCUT2D eigenvalue weighted by Crippen LogP contribution is -2.08. The van der Waals surface area contributed by atoms with Crippen LogP contribution in [0.4, 0.5) is 11.9 Å². The molecule has 0 unspecified atom stereocenters. The van der Waals surface area contributed by atoms with Crippen molar-refractivity contribution in [1.82, 2.24) is 19.9 Å². The van der Waals surface area contributed by atoms with Gasteiger partial charge in [-0.1, -0.05) is 0 Å². The smallest absolute Gasteiger partial charge is 0.229 e. The fourth-order valence-electron chi connectivity index (χ4n) is 1.30. The topological polar surface area (TPSA) is 75.6 Å². The molecule has 2 heterocycles. The van der Waals surface area contributed by atoms with E-state index in [9.17, 15) is 0 Å². The SMILES string of the molecule is CCNc1nc(Cl)nc(NCc2nc(C)cs2)n1. The summed E-state index contributed by atoms with van der Waals surface area (Å²) in [4.78, 5) is 16.5. The fourth-order valence-corrected chi connectivity index (χ4v) is 2.18. The van der Waals surface area contributed by atoms with Crippen LogP contribution in [-0.4, -0.2) is 26.5 Å². The molecule has 0 saturated carbocycles. The Bertz CT molecular complexity index is 529. The molecule has 0 fully saturated rings. The summed E-state index contributed by atoms with van der Waals surface area (Å²) in [7, 11) is 0. The van der Waals surface area contributed by atoms with Crippen molar-refractivity contribution in [3.63, 3.8) is 0 Å². The summed E-state index contributed by atoms with van der Waals surface area (Å²) in [5.74, 6) is 0.911. The average Bonchev–Trinajstić information content (AvgIpc) is 2.72. The Balaban J connectivity index is 2.04. The summed E-state index contributed by atoms with van der Waals surface area (Å²) in [6, 6.07) is 0. The van der Waals surface area contributed by atoms with Crippen LogP contribution in [0.1, 0.15) is 17.6 Å². The number of anilines is 2. The molecule has 0 atom stereocenters. The van der Waals surface area contributed by atoms with Gasteiger partial charge in [0.2, 0.25) is 17.2 Å². The van der Waals surface area contributed by atoms with E-state index >= 15 is 0 Å². The van der Waals surface area contributed by atoms with Gasteiger partial charge in [0.25, 0.3) is 0 Å². The summed E-state index contributed by atoms with van der Waals surface area (Å²) < 4.78 is 0. The number of aryl methyl sites for hydroxylation is 1. The van der Waals surface area contributed by atoms with Gasteiger partial charge in [0.15, 0.2) is 0 Å². The minimum atomic E-state index is 0.166. The van der Waals surface area contributed by atoms with Crippen LogP contribution < -0.4 is 10.6 Å². The highest BCUT2D eigenvalue weighted by atomic mass is 35.5. The molecule has 0 bridgehead atoms. The Morgan fingerprint density at radius 2 is 1.89 bits per heavy atom. The highest BCUT2D eigenvalue weighted by Gasteiger charge is 2.05. The molecule has 96 valence electrons. The largest absolute Gasteiger partial charge is 0.354 e. The molecule has 2 aromatic heterocycles. The van der Waals surface area contributed by atoms with Gasteiger partial charge in [0, 0.05) is 17.6 Å². The molecule has 8 heteroatoms. The second kappa shape index (κ2) is 5.92. The predicted octanol–water partition coefficient (Wildman–Crippen LogP) is 2.33. The van der Waals surface area contributed by atoms with Crippen molar-refractivity contribution >= 4 is 34.8 Å². The van der Waals surface area contributed by atoms with Crippen molar-refractivity contribution in [1.29, 1.82) is 0 Å². The Labute approximate surface area is 114 Å². The minimum Gasteiger partial charge on any atom is -0.354 e. The lowest BCUT2D eigenvalue weighted by atomic mass is 10.6. The molecule has 6 nitrogen and oxygen atoms in total. The number of aromatic nitrogens is 4. The standard InChI is InChI=1S/C10H13ClN6S/c1-3-12-9-15-8(11)16-10(17-9)13-4-7-14-6(2)5-18-7/h5H,3-4H2,1-2H3,(H2,12,13,15,16,17). The van der Waals surface area contributed by atoms with Crippen LogP contribution in [0.25, 0.3) is 0 Å². The Morgan fingerprint density at radius 1 is 1.17 bits per heavy atom. The molecule has 18 heavy (non-hydrogen) atoms. The third-order valence-electron chi connectivity index (χ3n) is 2.01. The zero-order valence-electron chi connectivity index (χ0n) is 10.1. The van der Waals surface area contributed by atoms with Crippen molar-refractivity contribution in [2.45, 2.75) is 20.4 Å². The molecular weight excluding hydrogens is 272 g/mol. The lowest BCUT2D eigenvalue weighted by Gasteiger charge is -2.05. The Hall–Kier alpha value is -1.47. The molecule has 0 amide bonds. The molecule has 2 aromatic rings. The number of halogens is 1. The van der Waals surface area contributed by atoms with E-state index in [2.05, 4.69) is 30.6 Å². The van der Waals surface area contributed by atoms with Crippen LogP contribution in [0, 0.1) is 6.92 Å². The van der Waals surface area contributed by atoms with Crippen molar-refractivity contribution in [2.24, 2.45) is 0 Å². The summed E-state index contributed by atoms with van der Waals surface area (Å²) in [6.45, 7) is 5.22. The fraction of sp³-hybridized carbons (Fsp3) is 0.400. The molecule has 0 aliphatic rings. The first-order valence-electron chi connectivity index (χ1n) is 5.47. The van der Waals surface area contributed by atoms with Crippen LogP contribution in [0.5, 0.6) is 0 Å². The Kier molecular flexibility index (Phi) is 4.27. The Morgan fingerprint density at radius 3 is 2.50 bits per heavy atom. The summed E-state index contributed by atoms with van der Waals surface area (Å²) >= 11 is 7.41. The lowest BCUT2D eigenvalue weighted by molar-refractivity contribution is 0.978. The maximum Gasteiger partial charge on any atom is 0.229 e. The third-order valence-corrected chi connectivity index (χ3v) is 3.14.